The van der Waals surface area contributed by atoms with Crippen LogP contribution < -0.4 is 0 Å². The van der Waals surface area contributed by atoms with Crippen LogP contribution in [0.3, 0.4) is 0 Å². The second-order valence-electron chi connectivity index (χ2n) is 2.94. The lowest BCUT2D eigenvalue weighted by atomic mass is 10.1. The van der Waals surface area contributed by atoms with Crippen molar-refractivity contribution in [1.29, 1.82) is 0 Å². The number of rotatable bonds is 2. The summed E-state index contributed by atoms with van der Waals surface area (Å²) in [5, 5.41) is 0. The van der Waals surface area contributed by atoms with Crippen LogP contribution >= 0.6 is 0 Å². The summed E-state index contributed by atoms with van der Waals surface area (Å²) in [5.74, 6) is 1.17. The SMILES string of the molecule is CC.C[SiH2]CC1CCCC1. The van der Waals surface area contributed by atoms with Crippen LogP contribution in [0.1, 0.15) is 39.5 Å². The first-order valence-electron chi connectivity index (χ1n) is 4.93. The van der Waals surface area contributed by atoms with Gasteiger partial charge < -0.3 is 0 Å². The van der Waals surface area contributed by atoms with Gasteiger partial charge >= 0.3 is 0 Å². The lowest BCUT2D eigenvalue weighted by Gasteiger charge is -2.03. The van der Waals surface area contributed by atoms with Crippen LogP contribution in [-0.4, -0.2) is 9.52 Å². The molecular formula is C9H22Si. The Bertz CT molecular complexity index is 55.7. The molecule has 0 nitrogen and oxygen atoms in total. The second kappa shape index (κ2) is 7.33. The van der Waals surface area contributed by atoms with Gasteiger partial charge in [-0.2, -0.15) is 0 Å². The van der Waals surface area contributed by atoms with Crippen LogP contribution in [0, 0.1) is 5.92 Å². The van der Waals surface area contributed by atoms with Crippen LogP contribution in [0.15, 0.2) is 0 Å². The van der Waals surface area contributed by atoms with Crippen molar-refractivity contribution in [2.45, 2.75) is 52.1 Å². The fourth-order valence-electron chi connectivity index (χ4n) is 1.71. The molecule has 0 aromatic heterocycles. The molecule has 1 aliphatic carbocycles. The van der Waals surface area contributed by atoms with Gasteiger partial charge in [-0.25, -0.2) is 0 Å². The lowest BCUT2D eigenvalue weighted by Crippen LogP contribution is -1.94. The Morgan fingerprint density at radius 3 is 2.10 bits per heavy atom. The van der Waals surface area contributed by atoms with Gasteiger partial charge in [0.2, 0.25) is 0 Å². The Kier molecular flexibility index (Phi) is 7.48. The van der Waals surface area contributed by atoms with Crippen molar-refractivity contribution >= 4 is 9.52 Å². The molecule has 1 saturated carbocycles. The number of hydrogen-bond donors (Lipinski definition) is 0. The first-order chi connectivity index (χ1) is 4.93. The molecule has 0 N–H and O–H groups in total. The van der Waals surface area contributed by atoms with Crippen molar-refractivity contribution in [1.82, 2.24) is 0 Å². The molecule has 1 fully saturated rings. The Morgan fingerprint density at radius 2 is 1.70 bits per heavy atom. The quantitative estimate of drug-likeness (QED) is 0.542. The number of hydrogen-bond acceptors (Lipinski definition) is 0. The van der Waals surface area contributed by atoms with E-state index in [9.17, 15) is 0 Å². The van der Waals surface area contributed by atoms with E-state index in [1.807, 2.05) is 13.8 Å². The molecule has 0 spiro atoms. The minimum Gasteiger partial charge on any atom is -0.0748 e. The Morgan fingerprint density at radius 1 is 1.20 bits per heavy atom. The van der Waals surface area contributed by atoms with E-state index in [-0.39, 0.29) is 0 Å². The maximum atomic E-state index is 2.43. The Hall–Kier alpha value is 0.217. The molecule has 0 aromatic rings. The molecular weight excluding hydrogens is 136 g/mol. The maximum absolute atomic E-state index is 2.43. The summed E-state index contributed by atoms with van der Waals surface area (Å²) in [5.41, 5.74) is 0. The molecule has 0 aliphatic heterocycles. The van der Waals surface area contributed by atoms with Crippen molar-refractivity contribution in [2.24, 2.45) is 5.92 Å². The zero-order valence-electron chi connectivity index (χ0n) is 7.82. The second-order valence-corrected chi connectivity index (χ2v) is 4.52. The molecule has 0 amide bonds. The van der Waals surface area contributed by atoms with Gasteiger partial charge in [0.05, 0.1) is 0 Å². The zero-order valence-corrected chi connectivity index (χ0v) is 9.23. The topological polar surface area (TPSA) is 0 Å². The summed E-state index contributed by atoms with van der Waals surface area (Å²) in [6.07, 6.45) is 6.17. The van der Waals surface area contributed by atoms with Gasteiger partial charge in [-0.3, -0.25) is 0 Å². The van der Waals surface area contributed by atoms with Crippen LogP contribution in [0.5, 0.6) is 0 Å². The van der Waals surface area contributed by atoms with Gasteiger partial charge in [-0.1, -0.05) is 52.1 Å². The Balaban J connectivity index is 0.000000371. The fraction of sp³-hybridized carbons (Fsp3) is 1.00. The van der Waals surface area contributed by atoms with Crippen LogP contribution in [0.4, 0.5) is 0 Å². The van der Waals surface area contributed by atoms with E-state index in [0.717, 1.165) is 0 Å². The van der Waals surface area contributed by atoms with Crippen molar-refractivity contribution in [2.75, 3.05) is 0 Å². The van der Waals surface area contributed by atoms with E-state index in [2.05, 4.69) is 6.55 Å². The minimum atomic E-state index is 0.385. The van der Waals surface area contributed by atoms with E-state index in [4.69, 9.17) is 0 Å². The first kappa shape index (κ1) is 10.2. The molecule has 0 unspecified atom stereocenters. The lowest BCUT2D eigenvalue weighted by molar-refractivity contribution is 0.609. The monoisotopic (exact) mass is 158 g/mol. The average molecular weight is 158 g/mol. The van der Waals surface area contributed by atoms with E-state index in [1.165, 1.54) is 18.8 Å². The molecule has 1 aliphatic rings. The summed E-state index contributed by atoms with van der Waals surface area (Å²) >= 11 is 0. The van der Waals surface area contributed by atoms with Crippen molar-refractivity contribution in [3.05, 3.63) is 0 Å². The Labute approximate surface area is 68.2 Å². The van der Waals surface area contributed by atoms with Gasteiger partial charge in [0, 0.05) is 9.52 Å². The van der Waals surface area contributed by atoms with Crippen molar-refractivity contribution in [3.63, 3.8) is 0 Å². The van der Waals surface area contributed by atoms with Gasteiger partial charge in [0.1, 0.15) is 0 Å². The minimum absolute atomic E-state index is 0.385. The molecule has 10 heavy (non-hydrogen) atoms. The highest BCUT2D eigenvalue weighted by atomic mass is 28.2. The molecule has 0 radical (unpaired) electrons. The predicted molar refractivity (Wildman–Crippen MR) is 52.5 cm³/mol. The highest BCUT2D eigenvalue weighted by Gasteiger charge is 2.12. The van der Waals surface area contributed by atoms with E-state index >= 15 is 0 Å². The van der Waals surface area contributed by atoms with E-state index < -0.39 is 0 Å². The van der Waals surface area contributed by atoms with Gasteiger partial charge in [-0.05, 0) is 5.92 Å². The highest BCUT2D eigenvalue weighted by molar-refractivity contribution is 6.33. The largest absolute Gasteiger partial charge is 0.0748 e. The van der Waals surface area contributed by atoms with Crippen molar-refractivity contribution in [3.8, 4) is 0 Å². The van der Waals surface area contributed by atoms with Crippen LogP contribution in [0.25, 0.3) is 0 Å². The summed E-state index contributed by atoms with van der Waals surface area (Å²) in [6.45, 7) is 6.43. The average Bonchev–Trinajstić information content (AvgIpc) is 2.46. The molecule has 0 aromatic carbocycles. The third-order valence-electron chi connectivity index (χ3n) is 2.17. The van der Waals surface area contributed by atoms with E-state index in [0.29, 0.717) is 9.52 Å². The van der Waals surface area contributed by atoms with Gasteiger partial charge in [0.25, 0.3) is 0 Å². The summed E-state index contributed by atoms with van der Waals surface area (Å²) in [7, 11) is 0.385. The molecule has 0 atom stereocenters. The van der Waals surface area contributed by atoms with Crippen molar-refractivity contribution < 1.29 is 0 Å². The molecule has 0 bridgehead atoms. The van der Waals surface area contributed by atoms with Gasteiger partial charge in [-0.15, -0.1) is 0 Å². The smallest absolute Gasteiger partial charge is 0.0169 e. The third-order valence-corrected chi connectivity index (χ3v) is 3.57. The first-order valence-corrected chi connectivity index (χ1v) is 7.35. The van der Waals surface area contributed by atoms with Crippen LogP contribution in [-0.2, 0) is 0 Å². The fourth-order valence-corrected chi connectivity index (χ4v) is 3.10. The summed E-state index contributed by atoms with van der Waals surface area (Å²) in [6, 6.07) is 1.62. The molecule has 62 valence electrons. The third kappa shape index (κ3) is 4.10. The van der Waals surface area contributed by atoms with Crippen LogP contribution in [0.2, 0.25) is 12.6 Å². The highest BCUT2D eigenvalue weighted by Crippen LogP contribution is 2.27. The molecule has 0 saturated heterocycles. The normalized spacial score (nSPS) is 19.5. The van der Waals surface area contributed by atoms with Gasteiger partial charge in [0.15, 0.2) is 0 Å². The molecule has 0 heterocycles. The zero-order chi connectivity index (χ0) is 7.82. The maximum Gasteiger partial charge on any atom is 0.0169 e. The molecule has 1 rings (SSSR count). The van der Waals surface area contributed by atoms with E-state index in [1.54, 1.807) is 18.9 Å². The predicted octanol–water partition coefficient (Wildman–Crippen LogP) is 2.84. The molecule has 1 heteroatoms. The standard InChI is InChI=1S/C7H16Si.C2H6/c1-8-6-7-4-2-3-5-7;1-2/h7H,2-6,8H2,1H3;1-2H3. The summed E-state index contributed by atoms with van der Waals surface area (Å²) < 4.78 is 0. The summed E-state index contributed by atoms with van der Waals surface area (Å²) in [4.78, 5) is 0.